The van der Waals surface area contributed by atoms with Crippen LogP contribution in [-0.2, 0) is 11.2 Å². The number of carbonyl (C=O) groups excluding carboxylic acids is 1. The van der Waals surface area contributed by atoms with Gasteiger partial charge in [0.15, 0.2) is 0 Å². The largest absolute Gasteiger partial charge is 0.395 e. The second-order valence-electron chi connectivity index (χ2n) is 6.04. The van der Waals surface area contributed by atoms with Gasteiger partial charge in [-0.15, -0.1) is 0 Å². The molecule has 2 aliphatic heterocycles. The van der Waals surface area contributed by atoms with Crippen LogP contribution in [0.15, 0.2) is 6.20 Å². The average molecular weight is 292 g/mol. The summed E-state index contributed by atoms with van der Waals surface area (Å²) in [4.78, 5) is 19.2. The number of nitrogens with one attached hydrogen (secondary N) is 1. The molecule has 0 aliphatic carbocycles. The lowest BCUT2D eigenvalue weighted by molar-refractivity contribution is -0.134. The number of rotatable bonds is 4. The van der Waals surface area contributed by atoms with Crippen molar-refractivity contribution in [2.75, 3.05) is 26.2 Å². The number of hydrogen-bond acceptors (Lipinski definition) is 4. The summed E-state index contributed by atoms with van der Waals surface area (Å²) in [6, 6.07) is 0.237. The maximum absolute atomic E-state index is 12.8. The van der Waals surface area contributed by atoms with Gasteiger partial charge in [-0.3, -0.25) is 4.79 Å². The summed E-state index contributed by atoms with van der Waals surface area (Å²) < 4.78 is 2.13. The lowest BCUT2D eigenvalue weighted by Crippen LogP contribution is -2.40. The molecule has 0 bridgehead atoms. The molecule has 0 saturated carbocycles. The van der Waals surface area contributed by atoms with Crippen LogP contribution >= 0.6 is 0 Å². The second-order valence-corrected chi connectivity index (χ2v) is 6.04. The van der Waals surface area contributed by atoms with Crippen molar-refractivity contribution < 1.29 is 9.90 Å². The molecule has 3 heterocycles. The third kappa shape index (κ3) is 2.82. The van der Waals surface area contributed by atoms with Crippen molar-refractivity contribution >= 4 is 5.91 Å². The van der Waals surface area contributed by atoms with E-state index in [0.717, 1.165) is 50.3 Å². The van der Waals surface area contributed by atoms with Gasteiger partial charge in [-0.2, -0.15) is 0 Å². The average Bonchev–Trinajstić information content (AvgIpc) is 3.12. The predicted molar refractivity (Wildman–Crippen MR) is 79.0 cm³/mol. The molecule has 0 spiro atoms. The Morgan fingerprint density at radius 1 is 1.52 bits per heavy atom. The van der Waals surface area contributed by atoms with E-state index in [9.17, 15) is 4.79 Å². The molecule has 6 heteroatoms. The van der Waals surface area contributed by atoms with E-state index in [0.29, 0.717) is 12.6 Å². The number of fused-ring (bicyclic) bond motifs is 1. The van der Waals surface area contributed by atoms with Crippen molar-refractivity contribution in [3.05, 3.63) is 17.7 Å². The fourth-order valence-electron chi connectivity index (χ4n) is 3.53. The zero-order valence-electron chi connectivity index (χ0n) is 12.6. The summed E-state index contributed by atoms with van der Waals surface area (Å²) in [6.45, 7) is 4.32. The van der Waals surface area contributed by atoms with E-state index in [2.05, 4.69) is 14.9 Å². The van der Waals surface area contributed by atoms with Crippen LogP contribution < -0.4 is 5.32 Å². The maximum Gasteiger partial charge on any atom is 0.245 e. The van der Waals surface area contributed by atoms with Gasteiger partial charge in [0.25, 0.3) is 0 Å². The van der Waals surface area contributed by atoms with E-state index in [1.807, 2.05) is 18.0 Å². The first kappa shape index (κ1) is 14.5. The predicted octanol–water partition coefficient (Wildman–Crippen LogP) is 0.252. The molecule has 21 heavy (non-hydrogen) atoms. The number of imidazole rings is 1. The van der Waals surface area contributed by atoms with Crippen LogP contribution in [0.25, 0.3) is 0 Å². The van der Waals surface area contributed by atoms with E-state index in [1.165, 1.54) is 0 Å². The van der Waals surface area contributed by atoms with Gasteiger partial charge >= 0.3 is 0 Å². The van der Waals surface area contributed by atoms with E-state index in [-0.39, 0.29) is 18.6 Å². The first-order valence-corrected chi connectivity index (χ1v) is 7.86. The van der Waals surface area contributed by atoms with Crippen molar-refractivity contribution in [2.24, 2.45) is 0 Å². The van der Waals surface area contributed by atoms with E-state index < -0.39 is 0 Å². The standard InChI is InChI=1S/C15H24N4O2/c1-11-9-17-14-4-2-3-13(19(11)14)15(21)18-7-5-12(10-18)16-6-8-20/h9,12-13,16,20H,2-8,10H2,1H3. The number of likely N-dealkylation sites (tertiary alicyclic amines) is 1. The summed E-state index contributed by atoms with van der Waals surface area (Å²) in [7, 11) is 0. The molecule has 2 unspecified atom stereocenters. The van der Waals surface area contributed by atoms with Gasteiger partial charge in [-0.1, -0.05) is 0 Å². The van der Waals surface area contributed by atoms with Gasteiger partial charge in [0, 0.05) is 44.0 Å². The molecular weight excluding hydrogens is 268 g/mol. The number of aryl methyl sites for hydroxylation is 2. The van der Waals surface area contributed by atoms with Crippen molar-refractivity contribution in [3.63, 3.8) is 0 Å². The minimum absolute atomic E-state index is 0.0761. The number of amides is 1. The van der Waals surface area contributed by atoms with Crippen LogP contribution in [0.3, 0.4) is 0 Å². The zero-order chi connectivity index (χ0) is 14.8. The third-order valence-corrected chi connectivity index (χ3v) is 4.58. The highest BCUT2D eigenvalue weighted by Crippen LogP contribution is 2.28. The Balaban J connectivity index is 1.68. The van der Waals surface area contributed by atoms with Crippen LogP contribution in [0, 0.1) is 6.92 Å². The lowest BCUT2D eigenvalue weighted by atomic mass is 10.0. The SMILES string of the molecule is Cc1cnc2n1C(C(=O)N1CCC(NCCO)C1)CCC2. The molecule has 0 aromatic carbocycles. The smallest absolute Gasteiger partial charge is 0.245 e. The molecule has 0 radical (unpaired) electrons. The first-order chi connectivity index (χ1) is 10.2. The number of aromatic nitrogens is 2. The zero-order valence-corrected chi connectivity index (χ0v) is 12.6. The van der Waals surface area contributed by atoms with Gasteiger partial charge in [-0.05, 0) is 26.2 Å². The highest BCUT2D eigenvalue weighted by atomic mass is 16.3. The molecule has 1 saturated heterocycles. The Morgan fingerprint density at radius 2 is 2.38 bits per heavy atom. The van der Waals surface area contributed by atoms with E-state index in [1.54, 1.807) is 0 Å². The summed E-state index contributed by atoms with van der Waals surface area (Å²) in [6.07, 6.45) is 5.75. The molecular formula is C15H24N4O2. The van der Waals surface area contributed by atoms with E-state index in [4.69, 9.17) is 5.11 Å². The molecule has 1 aromatic heterocycles. The first-order valence-electron chi connectivity index (χ1n) is 7.86. The summed E-state index contributed by atoms with van der Waals surface area (Å²) in [5.74, 6) is 1.27. The number of aliphatic hydroxyl groups excluding tert-OH is 1. The molecule has 2 atom stereocenters. The molecule has 2 N–H and O–H groups in total. The highest BCUT2D eigenvalue weighted by Gasteiger charge is 2.34. The molecule has 1 fully saturated rings. The van der Waals surface area contributed by atoms with Crippen LogP contribution in [-0.4, -0.2) is 57.7 Å². The fourth-order valence-corrected chi connectivity index (χ4v) is 3.53. The Hall–Kier alpha value is -1.40. The Bertz CT molecular complexity index is 514. The maximum atomic E-state index is 12.8. The van der Waals surface area contributed by atoms with Crippen molar-refractivity contribution in [2.45, 2.75) is 44.7 Å². The van der Waals surface area contributed by atoms with Crippen LogP contribution in [0.4, 0.5) is 0 Å². The van der Waals surface area contributed by atoms with Gasteiger partial charge in [0.1, 0.15) is 11.9 Å². The van der Waals surface area contributed by atoms with Crippen molar-refractivity contribution in [1.29, 1.82) is 0 Å². The second kappa shape index (κ2) is 6.15. The molecule has 1 amide bonds. The van der Waals surface area contributed by atoms with Gasteiger partial charge in [0.05, 0.1) is 6.61 Å². The molecule has 6 nitrogen and oxygen atoms in total. The number of aliphatic hydroxyl groups is 1. The summed E-state index contributed by atoms with van der Waals surface area (Å²) >= 11 is 0. The van der Waals surface area contributed by atoms with Gasteiger partial charge in [0.2, 0.25) is 5.91 Å². The van der Waals surface area contributed by atoms with E-state index >= 15 is 0 Å². The normalized spacial score (nSPS) is 25.1. The number of carbonyl (C=O) groups is 1. The highest BCUT2D eigenvalue weighted by molar-refractivity contribution is 5.81. The van der Waals surface area contributed by atoms with Gasteiger partial charge in [-0.25, -0.2) is 4.98 Å². The lowest BCUT2D eigenvalue weighted by Gasteiger charge is -2.29. The minimum Gasteiger partial charge on any atom is -0.395 e. The topological polar surface area (TPSA) is 70.4 Å². The van der Waals surface area contributed by atoms with Crippen LogP contribution in [0.1, 0.15) is 36.8 Å². The quantitative estimate of drug-likeness (QED) is 0.835. The Morgan fingerprint density at radius 3 is 3.19 bits per heavy atom. The molecule has 116 valence electrons. The number of hydrogen-bond donors (Lipinski definition) is 2. The van der Waals surface area contributed by atoms with Crippen molar-refractivity contribution in [1.82, 2.24) is 19.8 Å². The Labute approximate surface area is 125 Å². The van der Waals surface area contributed by atoms with Crippen molar-refractivity contribution in [3.8, 4) is 0 Å². The summed E-state index contributed by atoms with van der Waals surface area (Å²) in [5.41, 5.74) is 1.08. The molecule has 2 aliphatic rings. The summed E-state index contributed by atoms with van der Waals surface area (Å²) in [5, 5.41) is 12.1. The minimum atomic E-state index is -0.0761. The molecule has 1 aromatic rings. The third-order valence-electron chi connectivity index (χ3n) is 4.58. The Kier molecular flexibility index (Phi) is 4.26. The van der Waals surface area contributed by atoms with Gasteiger partial charge < -0.3 is 19.9 Å². The van der Waals surface area contributed by atoms with Crippen LogP contribution in [0.5, 0.6) is 0 Å². The van der Waals surface area contributed by atoms with Crippen LogP contribution in [0.2, 0.25) is 0 Å². The fraction of sp³-hybridized carbons (Fsp3) is 0.733. The molecule has 3 rings (SSSR count). The number of nitrogens with zero attached hydrogens (tertiary/aromatic N) is 3. The monoisotopic (exact) mass is 292 g/mol.